The molecular weight excluding hydrogens is 322 g/mol. The molecular formula is C15H18BrNO3. The lowest BCUT2D eigenvalue weighted by atomic mass is 9.99. The molecule has 3 rings (SSSR count). The number of benzene rings is 1. The summed E-state index contributed by atoms with van der Waals surface area (Å²) in [6.45, 7) is 4.30. The number of hydrogen-bond donors (Lipinski definition) is 1. The van der Waals surface area contributed by atoms with E-state index in [1.165, 1.54) is 5.56 Å². The van der Waals surface area contributed by atoms with Crippen LogP contribution >= 0.6 is 15.9 Å². The fraction of sp³-hybridized carbons (Fsp3) is 0.533. The monoisotopic (exact) mass is 339 g/mol. The Morgan fingerprint density at radius 2 is 2.30 bits per heavy atom. The lowest BCUT2D eigenvalue weighted by molar-refractivity contribution is -0.142. The van der Waals surface area contributed by atoms with Gasteiger partial charge in [0.05, 0.1) is 5.92 Å². The minimum absolute atomic E-state index is 0.138. The number of rotatable bonds is 3. The van der Waals surface area contributed by atoms with Crippen molar-refractivity contribution < 1.29 is 14.6 Å². The van der Waals surface area contributed by atoms with E-state index in [-0.39, 0.29) is 17.9 Å². The first kappa shape index (κ1) is 13.9. The maximum absolute atomic E-state index is 11.1. The number of likely N-dealkylation sites (tertiary alicyclic amines) is 1. The molecule has 0 aliphatic carbocycles. The predicted octanol–water partition coefficient (Wildman–Crippen LogP) is 2.41. The Labute approximate surface area is 126 Å². The summed E-state index contributed by atoms with van der Waals surface area (Å²) in [6, 6.07) is 6.08. The van der Waals surface area contributed by atoms with E-state index in [9.17, 15) is 9.90 Å². The van der Waals surface area contributed by atoms with Crippen LogP contribution < -0.4 is 4.74 Å². The molecule has 1 aromatic rings. The molecule has 0 saturated carbocycles. The summed E-state index contributed by atoms with van der Waals surface area (Å²) < 4.78 is 7.02. The van der Waals surface area contributed by atoms with Gasteiger partial charge in [-0.05, 0) is 29.7 Å². The van der Waals surface area contributed by atoms with Crippen LogP contribution in [0.2, 0.25) is 0 Å². The van der Waals surface area contributed by atoms with E-state index in [2.05, 4.69) is 26.9 Å². The van der Waals surface area contributed by atoms with E-state index < -0.39 is 5.97 Å². The molecule has 3 atom stereocenters. The molecule has 4 nitrogen and oxygen atoms in total. The number of halogens is 1. The summed E-state index contributed by atoms with van der Waals surface area (Å²) in [7, 11) is 0. The normalized spacial score (nSPS) is 29.2. The zero-order valence-electron chi connectivity index (χ0n) is 11.4. The van der Waals surface area contributed by atoms with E-state index in [0.717, 1.165) is 29.7 Å². The van der Waals surface area contributed by atoms with Crippen molar-refractivity contribution in [3.63, 3.8) is 0 Å². The third-order valence-electron chi connectivity index (χ3n) is 4.23. The molecule has 2 aliphatic rings. The summed E-state index contributed by atoms with van der Waals surface area (Å²) in [4.78, 5) is 13.4. The van der Waals surface area contributed by atoms with E-state index in [1.807, 2.05) is 19.1 Å². The van der Waals surface area contributed by atoms with Crippen LogP contribution in [0, 0.1) is 11.8 Å². The van der Waals surface area contributed by atoms with Gasteiger partial charge in [-0.15, -0.1) is 0 Å². The van der Waals surface area contributed by atoms with Crippen LogP contribution in [0.15, 0.2) is 22.7 Å². The molecule has 0 radical (unpaired) electrons. The summed E-state index contributed by atoms with van der Waals surface area (Å²) in [5, 5.41) is 9.17. The predicted molar refractivity (Wildman–Crippen MR) is 79.0 cm³/mol. The van der Waals surface area contributed by atoms with Crippen LogP contribution in [0.3, 0.4) is 0 Å². The van der Waals surface area contributed by atoms with Crippen molar-refractivity contribution in [2.45, 2.75) is 19.4 Å². The van der Waals surface area contributed by atoms with Crippen molar-refractivity contribution in [2.24, 2.45) is 11.8 Å². The highest BCUT2D eigenvalue weighted by atomic mass is 79.9. The number of nitrogens with zero attached hydrogens (tertiary/aromatic N) is 1. The molecule has 5 heteroatoms. The van der Waals surface area contributed by atoms with Gasteiger partial charge in [0, 0.05) is 30.5 Å². The van der Waals surface area contributed by atoms with Gasteiger partial charge >= 0.3 is 5.97 Å². The first-order valence-corrected chi connectivity index (χ1v) is 7.72. The Balaban J connectivity index is 1.60. The molecule has 2 aliphatic heterocycles. The number of ether oxygens (including phenoxy) is 1. The smallest absolute Gasteiger partial charge is 0.308 e. The Morgan fingerprint density at radius 1 is 1.50 bits per heavy atom. The van der Waals surface area contributed by atoms with Gasteiger partial charge < -0.3 is 9.84 Å². The number of fused-ring (bicyclic) bond motifs is 1. The second kappa shape index (κ2) is 5.37. The van der Waals surface area contributed by atoms with Crippen molar-refractivity contribution in [1.82, 2.24) is 4.90 Å². The van der Waals surface area contributed by atoms with Gasteiger partial charge in [0.25, 0.3) is 0 Å². The van der Waals surface area contributed by atoms with E-state index in [1.54, 1.807) is 0 Å². The fourth-order valence-corrected chi connectivity index (χ4v) is 3.63. The molecule has 2 heterocycles. The van der Waals surface area contributed by atoms with Crippen molar-refractivity contribution in [3.8, 4) is 5.75 Å². The zero-order chi connectivity index (χ0) is 14.3. The molecule has 1 N–H and O–H groups in total. The maximum Gasteiger partial charge on any atom is 0.308 e. The molecule has 0 amide bonds. The van der Waals surface area contributed by atoms with Gasteiger partial charge in [0.15, 0.2) is 0 Å². The zero-order valence-corrected chi connectivity index (χ0v) is 13.0. The second-order valence-corrected chi connectivity index (χ2v) is 6.75. The molecule has 3 unspecified atom stereocenters. The number of aliphatic carboxylic acids is 1. The Hall–Kier alpha value is -1.07. The summed E-state index contributed by atoms with van der Waals surface area (Å²) in [5.41, 5.74) is 1.23. The van der Waals surface area contributed by atoms with Crippen molar-refractivity contribution in [1.29, 1.82) is 0 Å². The van der Waals surface area contributed by atoms with Crippen molar-refractivity contribution in [2.75, 3.05) is 19.6 Å². The molecule has 108 valence electrons. The standard InChI is InChI=1S/C15H18BrNO3/c1-9-6-17(8-13(9)15(18)19)7-12-5-10-4-11(16)2-3-14(10)20-12/h2-4,9,12-13H,5-8H2,1H3,(H,18,19). The Morgan fingerprint density at radius 3 is 3.00 bits per heavy atom. The molecule has 0 bridgehead atoms. The van der Waals surface area contributed by atoms with Gasteiger partial charge in [-0.25, -0.2) is 0 Å². The summed E-state index contributed by atoms with van der Waals surface area (Å²) >= 11 is 3.47. The van der Waals surface area contributed by atoms with Gasteiger partial charge in [-0.2, -0.15) is 0 Å². The number of hydrogen-bond acceptors (Lipinski definition) is 3. The average Bonchev–Trinajstić information content (AvgIpc) is 2.92. The number of carbonyl (C=O) groups is 1. The second-order valence-electron chi connectivity index (χ2n) is 5.84. The largest absolute Gasteiger partial charge is 0.488 e. The quantitative estimate of drug-likeness (QED) is 0.918. The average molecular weight is 340 g/mol. The summed E-state index contributed by atoms with van der Waals surface area (Å²) in [6.07, 6.45) is 1.04. The molecule has 1 fully saturated rings. The summed E-state index contributed by atoms with van der Waals surface area (Å²) in [5.74, 6) is 0.248. The topological polar surface area (TPSA) is 49.8 Å². The Bertz CT molecular complexity index is 534. The van der Waals surface area contributed by atoms with Gasteiger partial charge in [-0.1, -0.05) is 22.9 Å². The van der Waals surface area contributed by atoms with Crippen LogP contribution in [-0.2, 0) is 11.2 Å². The van der Waals surface area contributed by atoms with Crippen LogP contribution in [0.4, 0.5) is 0 Å². The number of carboxylic acid groups (broad SMARTS) is 1. The lowest BCUT2D eigenvalue weighted by Crippen LogP contribution is -2.34. The fourth-order valence-electron chi connectivity index (χ4n) is 3.22. The minimum atomic E-state index is -0.681. The molecule has 1 aromatic carbocycles. The van der Waals surface area contributed by atoms with Crippen LogP contribution in [0.1, 0.15) is 12.5 Å². The van der Waals surface area contributed by atoms with E-state index >= 15 is 0 Å². The third kappa shape index (κ3) is 2.69. The van der Waals surface area contributed by atoms with Gasteiger partial charge in [0.1, 0.15) is 11.9 Å². The highest BCUT2D eigenvalue weighted by Crippen LogP contribution is 2.32. The highest BCUT2D eigenvalue weighted by Gasteiger charge is 2.36. The van der Waals surface area contributed by atoms with Crippen molar-refractivity contribution in [3.05, 3.63) is 28.2 Å². The third-order valence-corrected chi connectivity index (χ3v) is 4.72. The lowest BCUT2D eigenvalue weighted by Gasteiger charge is -2.19. The molecule has 0 aromatic heterocycles. The first-order chi connectivity index (χ1) is 9.52. The van der Waals surface area contributed by atoms with Crippen LogP contribution in [0.25, 0.3) is 0 Å². The van der Waals surface area contributed by atoms with Crippen LogP contribution in [0.5, 0.6) is 5.75 Å². The maximum atomic E-state index is 11.1. The SMILES string of the molecule is CC1CN(CC2Cc3cc(Br)ccc3O2)CC1C(=O)O. The minimum Gasteiger partial charge on any atom is -0.488 e. The molecule has 20 heavy (non-hydrogen) atoms. The number of carboxylic acids is 1. The van der Waals surface area contributed by atoms with Crippen molar-refractivity contribution >= 4 is 21.9 Å². The van der Waals surface area contributed by atoms with E-state index in [4.69, 9.17) is 4.74 Å². The van der Waals surface area contributed by atoms with E-state index in [0.29, 0.717) is 6.54 Å². The highest BCUT2D eigenvalue weighted by molar-refractivity contribution is 9.10. The van der Waals surface area contributed by atoms with Crippen LogP contribution in [-0.4, -0.2) is 41.7 Å². The molecule has 1 saturated heterocycles. The van der Waals surface area contributed by atoms with Gasteiger partial charge in [-0.3, -0.25) is 9.69 Å². The first-order valence-electron chi connectivity index (χ1n) is 6.93. The van der Waals surface area contributed by atoms with Gasteiger partial charge in [0.2, 0.25) is 0 Å². The molecule has 0 spiro atoms. The Kier molecular flexibility index (Phi) is 3.73.